The molecule has 0 aromatic carbocycles. The second-order valence-corrected chi connectivity index (χ2v) is 1.50. The molecule has 0 saturated heterocycles. The number of hydrogen-bond donors (Lipinski definition) is 0. The fourth-order valence-electron chi connectivity index (χ4n) is 0. The van der Waals surface area contributed by atoms with Gasteiger partial charge in [0.15, 0.2) is 0 Å². The minimum atomic E-state index is -3.63. The normalized spacial score (nSPS) is 4.80. The first kappa shape index (κ1) is 22.5. The van der Waals surface area contributed by atoms with E-state index in [1.54, 1.807) is 0 Å². The van der Waals surface area contributed by atoms with Crippen LogP contribution in [0.15, 0.2) is 0 Å². The first-order valence-corrected chi connectivity index (χ1v) is 3.67. The van der Waals surface area contributed by atoms with E-state index in [1.165, 1.54) is 0 Å². The molecular weight excluding hydrogens is 288 g/mol. The molecule has 0 spiro atoms. The van der Waals surface area contributed by atoms with Crippen LogP contribution in [0.25, 0.3) is 0 Å². The van der Waals surface area contributed by atoms with Gasteiger partial charge in [0.05, 0.1) is 0 Å². The summed E-state index contributed by atoms with van der Waals surface area (Å²) < 4.78 is 17.0. The SMILES string of the molecule is O=[Si]([O-])[O-].O=[Si]([O-])[O-].[SrH2].[Ti+4]. The van der Waals surface area contributed by atoms with E-state index < -0.39 is 18.3 Å². The van der Waals surface area contributed by atoms with E-state index in [2.05, 4.69) is 0 Å². The van der Waals surface area contributed by atoms with Crippen molar-refractivity contribution in [2.75, 3.05) is 0 Å². The second kappa shape index (κ2) is 16.8. The maximum atomic E-state index is 8.52. The minimum absolute atomic E-state index is 0. The fourth-order valence-corrected chi connectivity index (χ4v) is 0. The molecule has 52 valence electrons. The Morgan fingerprint density at radius 2 is 0.800 bits per heavy atom. The molecule has 0 radical (unpaired) electrons. The van der Waals surface area contributed by atoms with Crippen LogP contribution in [0.4, 0.5) is 0 Å². The second-order valence-electron chi connectivity index (χ2n) is 0.500. The molecule has 0 amide bonds. The van der Waals surface area contributed by atoms with E-state index in [4.69, 9.17) is 28.1 Å². The molecule has 0 bridgehead atoms. The van der Waals surface area contributed by atoms with Gasteiger partial charge in [0.25, 0.3) is 0 Å². The topological polar surface area (TPSA) is 126 Å². The van der Waals surface area contributed by atoms with Crippen molar-refractivity contribution < 1.29 is 49.8 Å². The maximum Gasteiger partial charge on any atom is 4.00 e. The molecule has 10 heavy (non-hydrogen) atoms. The van der Waals surface area contributed by atoms with Gasteiger partial charge >= 0.3 is 67.2 Å². The summed E-state index contributed by atoms with van der Waals surface area (Å²) in [5.41, 5.74) is 0. The summed E-state index contributed by atoms with van der Waals surface area (Å²) in [5.74, 6) is 0. The van der Waals surface area contributed by atoms with Crippen molar-refractivity contribution in [3.63, 3.8) is 0 Å². The average Bonchev–Trinajstić information content (AvgIpc) is 1.25. The summed E-state index contributed by atoms with van der Waals surface area (Å²) >= 11 is 0. The van der Waals surface area contributed by atoms with Crippen LogP contribution >= 0.6 is 0 Å². The minimum Gasteiger partial charge on any atom is 4.00 e. The van der Waals surface area contributed by atoms with Gasteiger partial charge in [-0.2, -0.15) is 0 Å². The third kappa shape index (κ3) is 328. The van der Waals surface area contributed by atoms with Crippen molar-refractivity contribution in [3.05, 3.63) is 0 Å². The fraction of sp³-hybridized carbons (Fsp3) is 0. The van der Waals surface area contributed by atoms with E-state index in [1.807, 2.05) is 0 Å². The van der Waals surface area contributed by atoms with E-state index in [9.17, 15) is 0 Å². The average molecular weight is 290 g/mol. The van der Waals surface area contributed by atoms with Gasteiger partial charge in [0, 0.05) is 18.3 Å². The molecule has 0 heterocycles. The van der Waals surface area contributed by atoms with Crippen LogP contribution in [-0.4, -0.2) is 63.8 Å². The molecule has 0 unspecified atom stereocenters. The molecule has 0 atom stereocenters. The van der Waals surface area contributed by atoms with Crippen LogP contribution in [0.2, 0.25) is 0 Å². The summed E-state index contributed by atoms with van der Waals surface area (Å²) in [6.45, 7) is 0. The van der Waals surface area contributed by atoms with E-state index in [0.29, 0.717) is 0 Å². The smallest absolute Gasteiger partial charge is 4.00 e. The molecule has 0 aliphatic heterocycles. The first-order chi connectivity index (χ1) is 3.46. The van der Waals surface area contributed by atoms with Crippen molar-refractivity contribution >= 4 is 63.8 Å². The van der Waals surface area contributed by atoms with Crippen LogP contribution < -0.4 is 19.2 Å². The van der Waals surface area contributed by atoms with Crippen molar-refractivity contribution in [2.24, 2.45) is 0 Å². The predicted octanol–water partition coefficient (Wildman–Crippen LogP) is -6.67. The quantitative estimate of drug-likeness (QED) is 0.408. The molecule has 0 rings (SSSR count). The Bertz CT molecular complexity index is 73.7. The van der Waals surface area contributed by atoms with E-state index in [0.717, 1.165) is 0 Å². The number of hydrogen-bond acceptors (Lipinski definition) is 6. The Hall–Kier alpha value is 1.43. The zero-order chi connectivity index (χ0) is 7.15. The van der Waals surface area contributed by atoms with Crippen LogP contribution in [0, 0.1) is 0 Å². The summed E-state index contributed by atoms with van der Waals surface area (Å²) in [4.78, 5) is 34.1. The van der Waals surface area contributed by atoms with Crippen LogP contribution in [0.5, 0.6) is 0 Å². The van der Waals surface area contributed by atoms with Crippen LogP contribution in [0.1, 0.15) is 0 Å². The Morgan fingerprint density at radius 1 is 0.800 bits per heavy atom. The molecule has 0 fully saturated rings. The first-order valence-electron chi connectivity index (χ1n) is 1.22. The summed E-state index contributed by atoms with van der Waals surface area (Å²) in [6.07, 6.45) is 0. The van der Waals surface area contributed by atoms with Crippen LogP contribution in [0.3, 0.4) is 0 Å². The van der Waals surface area contributed by atoms with Crippen LogP contribution in [-0.2, 0) is 30.6 Å². The molecule has 0 saturated carbocycles. The maximum absolute atomic E-state index is 8.52. The Kier molecular flexibility index (Phi) is 37.8. The van der Waals surface area contributed by atoms with Crippen molar-refractivity contribution in [1.29, 1.82) is 0 Å². The van der Waals surface area contributed by atoms with Gasteiger partial charge in [0.2, 0.25) is 0 Å². The zero-order valence-electron chi connectivity index (χ0n) is 3.95. The van der Waals surface area contributed by atoms with Gasteiger partial charge in [-0.15, -0.1) is 0 Å². The standard InChI is InChI=1S/2O3Si.Sr.Ti.2H/c2*1-4(2)3;;;;/q2*-2;;+4;;. The Labute approximate surface area is 112 Å². The van der Waals surface area contributed by atoms with Gasteiger partial charge in [-0.25, -0.2) is 0 Å². The Morgan fingerprint density at radius 3 is 0.800 bits per heavy atom. The molecule has 6 nitrogen and oxygen atoms in total. The monoisotopic (exact) mass is 290 g/mol. The van der Waals surface area contributed by atoms with Crippen molar-refractivity contribution in [2.45, 2.75) is 0 Å². The molecule has 10 heteroatoms. The van der Waals surface area contributed by atoms with Gasteiger partial charge in [0.1, 0.15) is 0 Å². The number of rotatable bonds is 0. The molecule has 0 aromatic heterocycles. The Balaban J connectivity index is -0.0000000300. The van der Waals surface area contributed by atoms with E-state index >= 15 is 0 Å². The van der Waals surface area contributed by atoms with E-state index in [-0.39, 0.29) is 67.2 Å². The van der Waals surface area contributed by atoms with Gasteiger partial charge in [-0.1, -0.05) is 0 Å². The predicted molar refractivity (Wildman–Crippen MR) is 21.4 cm³/mol. The van der Waals surface area contributed by atoms with Crippen molar-refractivity contribution in [3.8, 4) is 0 Å². The van der Waals surface area contributed by atoms with Gasteiger partial charge in [-0.3, -0.25) is 0 Å². The molecule has 0 aliphatic carbocycles. The molecule has 0 aromatic rings. The van der Waals surface area contributed by atoms with Gasteiger partial charge in [-0.05, 0) is 0 Å². The summed E-state index contributed by atoms with van der Waals surface area (Å²) in [7, 11) is -7.26. The molecule has 0 aliphatic rings. The third-order valence-electron chi connectivity index (χ3n) is 0. The molecule has 0 N–H and O–H groups in total. The van der Waals surface area contributed by atoms with Crippen molar-refractivity contribution in [1.82, 2.24) is 0 Å². The summed E-state index contributed by atoms with van der Waals surface area (Å²) in [6, 6.07) is 0. The summed E-state index contributed by atoms with van der Waals surface area (Å²) in [5, 5.41) is 0. The molecular formula is H2O6Si2SrTi. The zero-order valence-corrected chi connectivity index (χ0v) is 7.51. The third-order valence-corrected chi connectivity index (χ3v) is 0. The van der Waals surface area contributed by atoms with Gasteiger partial charge < -0.3 is 28.1 Å². The largest absolute Gasteiger partial charge is 4.00 e.